The number of imide groups is 1. The highest BCUT2D eigenvalue weighted by molar-refractivity contribution is 6.07. The minimum atomic E-state index is -0.965. The van der Waals surface area contributed by atoms with Gasteiger partial charge in [-0.2, -0.15) is 5.10 Å². The summed E-state index contributed by atoms with van der Waals surface area (Å²) < 4.78 is 0. The molecule has 1 aliphatic rings. The van der Waals surface area contributed by atoms with Crippen molar-refractivity contribution in [1.29, 1.82) is 0 Å². The summed E-state index contributed by atoms with van der Waals surface area (Å²) in [5.74, 6) is -0.341. The minimum Gasteiger partial charge on any atom is -0.356 e. The maximum Gasteiger partial charge on any atom is 0.346 e. The highest BCUT2D eigenvalue weighted by Gasteiger charge is 2.47. The molecule has 4 rings (SSSR count). The Balaban J connectivity index is 1.39. The molecule has 1 fully saturated rings. The monoisotopic (exact) mass is 412 g/mol. The predicted molar refractivity (Wildman–Crippen MR) is 122 cm³/mol. The van der Waals surface area contributed by atoms with Crippen LogP contribution in [0.4, 0.5) is 16.2 Å². The molecule has 6 nitrogen and oxygen atoms in total. The zero-order chi connectivity index (χ0) is 21.7. The van der Waals surface area contributed by atoms with Crippen molar-refractivity contribution in [2.24, 2.45) is 5.10 Å². The van der Waals surface area contributed by atoms with Gasteiger partial charge in [0.25, 0.3) is 5.91 Å². The third kappa shape index (κ3) is 4.80. The lowest BCUT2D eigenvalue weighted by Crippen LogP contribution is -2.44. The number of rotatable bonds is 7. The number of hydrogen-bond acceptors (Lipinski definition) is 4. The van der Waals surface area contributed by atoms with Crippen LogP contribution in [-0.4, -0.2) is 28.7 Å². The molecule has 1 atom stereocenters. The van der Waals surface area contributed by atoms with Crippen molar-refractivity contribution in [3.05, 3.63) is 96.1 Å². The van der Waals surface area contributed by atoms with Crippen molar-refractivity contribution >= 4 is 29.5 Å². The van der Waals surface area contributed by atoms with Gasteiger partial charge >= 0.3 is 6.03 Å². The van der Waals surface area contributed by atoms with E-state index in [2.05, 4.69) is 15.7 Å². The molecule has 0 bridgehead atoms. The molecule has 0 aromatic heterocycles. The van der Waals surface area contributed by atoms with Crippen LogP contribution in [0.25, 0.3) is 0 Å². The third-order valence-corrected chi connectivity index (χ3v) is 5.29. The van der Waals surface area contributed by atoms with Crippen molar-refractivity contribution < 1.29 is 9.59 Å². The van der Waals surface area contributed by atoms with E-state index in [1.54, 1.807) is 6.92 Å². The first-order valence-electron chi connectivity index (χ1n) is 10.2. The first-order valence-corrected chi connectivity index (χ1v) is 10.2. The molecule has 0 spiro atoms. The summed E-state index contributed by atoms with van der Waals surface area (Å²) in [6.07, 6.45) is 2.72. The van der Waals surface area contributed by atoms with Gasteiger partial charge in [0.1, 0.15) is 5.54 Å². The maximum absolute atomic E-state index is 12.9. The van der Waals surface area contributed by atoms with Gasteiger partial charge < -0.3 is 10.6 Å². The van der Waals surface area contributed by atoms with Crippen molar-refractivity contribution in [3.8, 4) is 0 Å². The quantitative estimate of drug-likeness (QED) is 0.436. The van der Waals surface area contributed by atoms with Crippen LogP contribution < -0.4 is 10.6 Å². The Labute approximate surface area is 181 Å². The number of urea groups is 1. The molecule has 6 heteroatoms. The van der Waals surface area contributed by atoms with Crippen LogP contribution in [0.15, 0.2) is 90.0 Å². The fraction of sp³-hybridized carbons (Fsp3) is 0.160. The lowest BCUT2D eigenvalue weighted by molar-refractivity contribution is -0.130. The molecule has 1 aliphatic heterocycles. The molecule has 0 saturated carbocycles. The first kappa shape index (κ1) is 20.3. The van der Waals surface area contributed by atoms with Crippen LogP contribution in [0.1, 0.15) is 24.5 Å². The highest BCUT2D eigenvalue weighted by Crippen LogP contribution is 2.24. The molecule has 0 unspecified atom stereocenters. The molecular formula is C25H24N4O2. The topological polar surface area (TPSA) is 73.8 Å². The number of anilines is 2. The van der Waals surface area contributed by atoms with Crippen LogP contribution in [-0.2, 0) is 11.2 Å². The number of benzene rings is 3. The molecular weight excluding hydrogens is 388 g/mol. The number of hydrogen-bond donors (Lipinski definition) is 2. The van der Waals surface area contributed by atoms with Gasteiger partial charge in [0.2, 0.25) is 0 Å². The Morgan fingerprint density at radius 3 is 2.19 bits per heavy atom. The van der Waals surface area contributed by atoms with Gasteiger partial charge in [-0.05, 0) is 55.2 Å². The number of para-hydroxylation sites is 1. The second-order valence-corrected chi connectivity index (χ2v) is 7.72. The SMILES string of the molecule is C[C@]1(CCc2ccccc2)NC(=O)N(/N=C\c2ccc(Nc3ccccc3)cc2)C1=O. The molecule has 3 amide bonds. The zero-order valence-corrected chi connectivity index (χ0v) is 17.3. The summed E-state index contributed by atoms with van der Waals surface area (Å²) in [7, 11) is 0. The Morgan fingerprint density at radius 2 is 1.52 bits per heavy atom. The lowest BCUT2D eigenvalue weighted by Gasteiger charge is -2.20. The standard InChI is InChI=1S/C25H24N4O2/c1-25(17-16-19-8-4-2-5-9-19)23(30)29(24(31)28-25)26-18-20-12-14-22(15-13-20)27-21-10-6-3-7-11-21/h2-15,18,27H,16-17H2,1H3,(H,28,31)/b26-18-/t25-/m1/s1. The van der Waals surface area contributed by atoms with E-state index < -0.39 is 11.6 Å². The largest absolute Gasteiger partial charge is 0.356 e. The summed E-state index contributed by atoms with van der Waals surface area (Å²) in [5, 5.41) is 11.2. The molecule has 3 aromatic rings. The average molecular weight is 412 g/mol. The van der Waals surface area contributed by atoms with E-state index in [4.69, 9.17) is 0 Å². The van der Waals surface area contributed by atoms with E-state index in [0.29, 0.717) is 12.8 Å². The van der Waals surface area contributed by atoms with Crippen LogP contribution in [0, 0.1) is 0 Å². The molecule has 2 N–H and O–H groups in total. The van der Waals surface area contributed by atoms with Gasteiger partial charge in [0, 0.05) is 11.4 Å². The zero-order valence-electron chi connectivity index (χ0n) is 17.3. The van der Waals surface area contributed by atoms with Gasteiger partial charge in [0.15, 0.2) is 0 Å². The molecule has 0 aliphatic carbocycles. The van der Waals surface area contributed by atoms with Gasteiger partial charge in [0.05, 0.1) is 6.21 Å². The Bertz CT molecular complexity index is 1080. The number of hydrazone groups is 1. The summed E-state index contributed by atoms with van der Waals surface area (Å²) in [5.41, 5.74) is 2.88. The normalized spacial score (nSPS) is 18.4. The summed E-state index contributed by atoms with van der Waals surface area (Å²) >= 11 is 0. The summed E-state index contributed by atoms with van der Waals surface area (Å²) in [6.45, 7) is 1.75. The predicted octanol–water partition coefficient (Wildman–Crippen LogP) is 4.71. The van der Waals surface area contributed by atoms with Crippen molar-refractivity contribution in [1.82, 2.24) is 10.3 Å². The molecule has 1 heterocycles. The van der Waals surface area contributed by atoms with E-state index in [1.807, 2.05) is 84.9 Å². The molecule has 156 valence electrons. The first-order chi connectivity index (χ1) is 15.0. The number of aryl methyl sites for hydroxylation is 1. The Kier molecular flexibility index (Phi) is 5.80. The fourth-order valence-corrected chi connectivity index (χ4v) is 3.45. The molecule has 31 heavy (non-hydrogen) atoms. The molecule has 3 aromatic carbocycles. The number of carbonyl (C=O) groups is 2. The smallest absolute Gasteiger partial charge is 0.346 e. The van der Waals surface area contributed by atoms with E-state index in [-0.39, 0.29) is 5.91 Å². The second kappa shape index (κ2) is 8.83. The number of amides is 3. The Morgan fingerprint density at radius 1 is 0.903 bits per heavy atom. The van der Waals surface area contributed by atoms with Crippen LogP contribution in [0.3, 0.4) is 0 Å². The van der Waals surface area contributed by atoms with Crippen LogP contribution >= 0.6 is 0 Å². The fourth-order valence-electron chi connectivity index (χ4n) is 3.45. The third-order valence-electron chi connectivity index (χ3n) is 5.29. The highest BCUT2D eigenvalue weighted by atomic mass is 16.2. The van der Waals surface area contributed by atoms with E-state index in [0.717, 1.165) is 27.5 Å². The van der Waals surface area contributed by atoms with Crippen LogP contribution in [0.5, 0.6) is 0 Å². The van der Waals surface area contributed by atoms with E-state index >= 15 is 0 Å². The van der Waals surface area contributed by atoms with Crippen LogP contribution in [0.2, 0.25) is 0 Å². The Hall–Kier alpha value is -3.93. The van der Waals surface area contributed by atoms with E-state index in [9.17, 15) is 9.59 Å². The minimum absolute atomic E-state index is 0.341. The number of nitrogens with one attached hydrogen (secondary N) is 2. The maximum atomic E-state index is 12.9. The summed E-state index contributed by atoms with van der Waals surface area (Å²) in [4.78, 5) is 25.2. The molecule has 0 radical (unpaired) electrons. The number of nitrogens with zero attached hydrogens (tertiary/aromatic N) is 2. The van der Waals surface area contributed by atoms with Gasteiger partial charge in [-0.15, -0.1) is 5.01 Å². The van der Waals surface area contributed by atoms with Gasteiger partial charge in [-0.25, -0.2) is 4.79 Å². The molecule has 1 saturated heterocycles. The summed E-state index contributed by atoms with van der Waals surface area (Å²) in [6, 6.07) is 26.9. The van der Waals surface area contributed by atoms with Crippen molar-refractivity contribution in [3.63, 3.8) is 0 Å². The number of carbonyl (C=O) groups excluding carboxylic acids is 2. The van der Waals surface area contributed by atoms with Gasteiger partial charge in [-0.1, -0.05) is 60.7 Å². The second-order valence-electron chi connectivity index (χ2n) is 7.72. The van der Waals surface area contributed by atoms with E-state index in [1.165, 1.54) is 6.21 Å². The van der Waals surface area contributed by atoms with Crippen molar-refractivity contribution in [2.75, 3.05) is 5.32 Å². The van der Waals surface area contributed by atoms with Crippen molar-refractivity contribution in [2.45, 2.75) is 25.3 Å². The average Bonchev–Trinajstić information content (AvgIpc) is 3.01. The lowest BCUT2D eigenvalue weighted by atomic mass is 9.93. The van der Waals surface area contributed by atoms with Gasteiger partial charge in [-0.3, -0.25) is 4.79 Å².